The summed E-state index contributed by atoms with van der Waals surface area (Å²) in [5, 5.41) is 0. The molecule has 0 aliphatic rings. The molecule has 1 aromatic carbocycles. The van der Waals surface area contributed by atoms with Crippen LogP contribution in [0.2, 0.25) is 0 Å². The molecule has 0 bridgehead atoms. The highest BCUT2D eigenvalue weighted by molar-refractivity contribution is 9.10. The van der Waals surface area contributed by atoms with E-state index in [0.717, 1.165) is 21.3 Å². The molecule has 18 heavy (non-hydrogen) atoms. The molecule has 1 heterocycles. The maximum atomic E-state index is 5.66. The molecule has 1 unspecified atom stereocenters. The number of halogens is 1. The van der Waals surface area contributed by atoms with Crippen molar-refractivity contribution >= 4 is 15.9 Å². The number of hydrogen-bond donors (Lipinski definition) is 2. The van der Waals surface area contributed by atoms with Gasteiger partial charge in [0.2, 0.25) is 0 Å². The number of rotatable bonds is 4. The lowest BCUT2D eigenvalue weighted by atomic mass is 10.0. The van der Waals surface area contributed by atoms with Crippen LogP contribution in [-0.4, -0.2) is 12.1 Å². The van der Waals surface area contributed by atoms with Gasteiger partial charge < -0.3 is 4.74 Å². The number of nitrogens with zero attached hydrogens (tertiary/aromatic N) is 1. The van der Waals surface area contributed by atoms with Crippen molar-refractivity contribution in [2.45, 2.75) is 6.04 Å². The van der Waals surface area contributed by atoms with Crippen molar-refractivity contribution in [3.05, 3.63) is 58.3 Å². The van der Waals surface area contributed by atoms with Crippen molar-refractivity contribution in [1.29, 1.82) is 0 Å². The molecule has 0 aliphatic carbocycles. The monoisotopic (exact) mass is 307 g/mol. The van der Waals surface area contributed by atoms with Crippen LogP contribution in [0.1, 0.15) is 17.2 Å². The smallest absolute Gasteiger partial charge is 0.119 e. The normalized spacial score (nSPS) is 12.2. The molecule has 2 aromatic rings. The van der Waals surface area contributed by atoms with E-state index >= 15 is 0 Å². The number of benzene rings is 1. The molecule has 94 valence electrons. The molecule has 0 aliphatic heterocycles. The number of pyridine rings is 1. The SMILES string of the molecule is COc1ccc(Br)c(C(NN)c2cccnc2)c1. The zero-order chi connectivity index (χ0) is 13.0. The Balaban J connectivity index is 2.44. The van der Waals surface area contributed by atoms with Crippen LogP contribution in [-0.2, 0) is 0 Å². The zero-order valence-corrected chi connectivity index (χ0v) is 11.5. The second-order valence-corrected chi connectivity index (χ2v) is 4.63. The lowest BCUT2D eigenvalue weighted by Crippen LogP contribution is -2.29. The molecule has 1 atom stereocenters. The van der Waals surface area contributed by atoms with Crippen molar-refractivity contribution in [1.82, 2.24) is 10.4 Å². The Morgan fingerprint density at radius 2 is 2.22 bits per heavy atom. The third kappa shape index (κ3) is 2.69. The van der Waals surface area contributed by atoms with E-state index in [9.17, 15) is 0 Å². The molecule has 3 N–H and O–H groups in total. The largest absolute Gasteiger partial charge is 0.497 e. The first kappa shape index (κ1) is 13.0. The number of ether oxygens (including phenoxy) is 1. The summed E-state index contributed by atoms with van der Waals surface area (Å²) in [4.78, 5) is 4.11. The van der Waals surface area contributed by atoms with Gasteiger partial charge in [0.15, 0.2) is 0 Å². The Bertz CT molecular complexity index is 519. The summed E-state index contributed by atoms with van der Waals surface area (Å²) in [5.41, 5.74) is 4.80. The molecule has 2 rings (SSSR count). The molecule has 1 aromatic heterocycles. The Morgan fingerprint density at radius 3 is 2.83 bits per heavy atom. The Kier molecular flexibility index (Phi) is 4.30. The average Bonchev–Trinajstić information content (AvgIpc) is 2.43. The summed E-state index contributed by atoms with van der Waals surface area (Å²) in [6.07, 6.45) is 3.52. The fourth-order valence-corrected chi connectivity index (χ4v) is 2.26. The third-order valence-electron chi connectivity index (χ3n) is 2.70. The summed E-state index contributed by atoms with van der Waals surface area (Å²) in [6.45, 7) is 0. The molecule has 4 nitrogen and oxygen atoms in total. The van der Waals surface area contributed by atoms with E-state index in [0.29, 0.717) is 0 Å². The molecule has 5 heteroatoms. The first-order valence-electron chi connectivity index (χ1n) is 5.45. The van der Waals surface area contributed by atoms with Crippen LogP contribution < -0.4 is 16.0 Å². The van der Waals surface area contributed by atoms with Gasteiger partial charge in [0.1, 0.15) is 5.75 Å². The van der Waals surface area contributed by atoms with E-state index < -0.39 is 0 Å². The van der Waals surface area contributed by atoms with Gasteiger partial charge in [0, 0.05) is 16.9 Å². The predicted octanol–water partition coefficient (Wildman–Crippen LogP) is 2.41. The highest BCUT2D eigenvalue weighted by Crippen LogP contribution is 2.30. The summed E-state index contributed by atoms with van der Waals surface area (Å²) in [5.74, 6) is 6.45. The van der Waals surface area contributed by atoms with E-state index in [1.54, 1.807) is 19.5 Å². The minimum Gasteiger partial charge on any atom is -0.497 e. The van der Waals surface area contributed by atoms with Crippen LogP contribution in [0, 0.1) is 0 Å². The maximum Gasteiger partial charge on any atom is 0.119 e. The van der Waals surface area contributed by atoms with Crippen LogP contribution in [0.15, 0.2) is 47.2 Å². The van der Waals surface area contributed by atoms with Crippen LogP contribution in [0.25, 0.3) is 0 Å². The Labute approximate surface area is 114 Å². The second-order valence-electron chi connectivity index (χ2n) is 3.77. The van der Waals surface area contributed by atoms with E-state index in [1.165, 1.54) is 0 Å². The van der Waals surface area contributed by atoms with Gasteiger partial charge in [-0.25, -0.2) is 5.43 Å². The lowest BCUT2D eigenvalue weighted by Gasteiger charge is -2.18. The van der Waals surface area contributed by atoms with Gasteiger partial charge in [-0.3, -0.25) is 10.8 Å². The molecule has 0 radical (unpaired) electrons. The summed E-state index contributed by atoms with van der Waals surface area (Å²) < 4.78 is 6.20. The summed E-state index contributed by atoms with van der Waals surface area (Å²) in [7, 11) is 1.64. The number of hydrazine groups is 1. The maximum absolute atomic E-state index is 5.66. The predicted molar refractivity (Wildman–Crippen MR) is 74.1 cm³/mol. The van der Waals surface area contributed by atoms with Crippen molar-refractivity contribution in [3.8, 4) is 5.75 Å². The third-order valence-corrected chi connectivity index (χ3v) is 3.42. The topological polar surface area (TPSA) is 60.2 Å². The van der Waals surface area contributed by atoms with Gasteiger partial charge in [-0.2, -0.15) is 0 Å². The van der Waals surface area contributed by atoms with E-state index in [-0.39, 0.29) is 6.04 Å². The van der Waals surface area contributed by atoms with Gasteiger partial charge in [0.25, 0.3) is 0 Å². The van der Waals surface area contributed by atoms with Gasteiger partial charge in [-0.1, -0.05) is 22.0 Å². The summed E-state index contributed by atoms with van der Waals surface area (Å²) >= 11 is 3.53. The van der Waals surface area contributed by atoms with Gasteiger partial charge >= 0.3 is 0 Å². The lowest BCUT2D eigenvalue weighted by molar-refractivity contribution is 0.413. The number of hydrogen-bond acceptors (Lipinski definition) is 4. The van der Waals surface area contributed by atoms with Crippen molar-refractivity contribution < 1.29 is 4.74 Å². The number of methoxy groups -OCH3 is 1. The van der Waals surface area contributed by atoms with E-state index in [1.807, 2.05) is 30.3 Å². The Hall–Kier alpha value is -1.43. The minimum atomic E-state index is -0.136. The highest BCUT2D eigenvalue weighted by atomic mass is 79.9. The average molecular weight is 308 g/mol. The van der Waals surface area contributed by atoms with Crippen LogP contribution in [0.5, 0.6) is 5.75 Å². The second kappa shape index (κ2) is 5.95. The highest BCUT2D eigenvalue weighted by Gasteiger charge is 2.16. The van der Waals surface area contributed by atoms with Crippen LogP contribution in [0.3, 0.4) is 0 Å². The van der Waals surface area contributed by atoms with Crippen LogP contribution in [0.4, 0.5) is 0 Å². The Morgan fingerprint density at radius 1 is 1.39 bits per heavy atom. The summed E-state index contributed by atoms with van der Waals surface area (Å²) in [6, 6.07) is 9.50. The molecule has 0 saturated carbocycles. The van der Waals surface area contributed by atoms with E-state index in [2.05, 4.69) is 26.3 Å². The molecule has 0 saturated heterocycles. The molecular formula is C13H14BrN3O. The minimum absolute atomic E-state index is 0.136. The van der Waals surface area contributed by atoms with Gasteiger partial charge in [-0.05, 0) is 35.4 Å². The standard InChI is InChI=1S/C13H14BrN3O/c1-18-10-4-5-12(14)11(7-10)13(17-15)9-3-2-6-16-8-9/h2-8,13,17H,15H2,1H3. The van der Waals surface area contributed by atoms with E-state index in [4.69, 9.17) is 10.6 Å². The first-order valence-corrected chi connectivity index (χ1v) is 6.25. The first-order chi connectivity index (χ1) is 8.76. The number of nitrogens with two attached hydrogens (primary N) is 1. The number of nitrogens with one attached hydrogen (secondary N) is 1. The van der Waals surface area contributed by atoms with Gasteiger partial charge in [0.05, 0.1) is 13.2 Å². The van der Waals surface area contributed by atoms with Gasteiger partial charge in [-0.15, -0.1) is 0 Å². The zero-order valence-electron chi connectivity index (χ0n) is 9.93. The quantitative estimate of drug-likeness (QED) is 0.672. The molecular weight excluding hydrogens is 294 g/mol. The molecule has 0 spiro atoms. The fraction of sp³-hybridized carbons (Fsp3) is 0.154. The molecule has 0 amide bonds. The fourth-order valence-electron chi connectivity index (χ4n) is 1.78. The van der Waals surface area contributed by atoms with Crippen LogP contribution >= 0.6 is 15.9 Å². The molecule has 0 fully saturated rings. The van der Waals surface area contributed by atoms with Crippen molar-refractivity contribution in [2.24, 2.45) is 5.84 Å². The van der Waals surface area contributed by atoms with Crippen molar-refractivity contribution in [2.75, 3.05) is 7.11 Å². The van der Waals surface area contributed by atoms with Crippen molar-refractivity contribution in [3.63, 3.8) is 0 Å². The number of aromatic nitrogens is 1.